The average Bonchev–Trinajstić information content (AvgIpc) is 2.28. The number of nitrogens with two attached hydrogens (primary N) is 1. The molecule has 1 fully saturated rings. The van der Waals surface area contributed by atoms with E-state index in [0.717, 1.165) is 31.5 Å². The van der Waals surface area contributed by atoms with Crippen LogP contribution in [0.1, 0.15) is 29.9 Å². The fourth-order valence-electron chi connectivity index (χ4n) is 2.32. The van der Waals surface area contributed by atoms with E-state index in [0.29, 0.717) is 5.92 Å². The topological polar surface area (TPSA) is 72.2 Å². The Labute approximate surface area is 114 Å². The first-order chi connectivity index (χ1) is 8.04. The summed E-state index contributed by atoms with van der Waals surface area (Å²) in [6.45, 7) is 2.06. The highest BCUT2D eigenvalue weighted by Crippen LogP contribution is 2.25. The first kappa shape index (κ1) is 15.4. The van der Waals surface area contributed by atoms with Crippen molar-refractivity contribution in [1.82, 2.24) is 5.32 Å². The molecule has 1 aromatic rings. The van der Waals surface area contributed by atoms with Crippen LogP contribution in [0, 0.1) is 0 Å². The van der Waals surface area contributed by atoms with E-state index >= 15 is 0 Å². The summed E-state index contributed by atoms with van der Waals surface area (Å²) in [4.78, 5) is 0. The number of halogens is 1. The number of benzene rings is 1. The lowest BCUT2D eigenvalue weighted by Crippen LogP contribution is -2.26. The molecule has 0 aromatic heterocycles. The predicted molar refractivity (Wildman–Crippen MR) is 75.3 cm³/mol. The number of hydrogen-bond donors (Lipinski definition) is 2. The number of piperidine rings is 1. The van der Waals surface area contributed by atoms with Crippen LogP contribution in [0.4, 0.5) is 0 Å². The van der Waals surface area contributed by atoms with Gasteiger partial charge >= 0.3 is 0 Å². The summed E-state index contributed by atoms with van der Waals surface area (Å²) in [5.74, 6) is 0.461. The van der Waals surface area contributed by atoms with Crippen LogP contribution in [0.2, 0.25) is 0 Å². The van der Waals surface area contributed by atoms with E-state index in [1.165, 1.54) is 5.56 Å². The maximum Gasteiger partial charge on any atom is 0.213 e. The zero-order valence-electron chi connectivity index (χ0n) is 10.1. The maximum absolute atomic E-state index is 11.1. The van der Waals surface area contributed by atoms with Crippen LogP contribution in [0.5, 0.6) is 0 Å². The molecule has 6 heteroatoms. The molecule has 18 heavy (non-hydrogen) atoms. The first-order valence-electron chi connectivity index (χ1n) is 5.84. The highest BCUT2D eigenvalue weighted by Gasteiger charge is 2.15. The van der Waals surface area contributed by atoms with Gasteiger partial charge < -0.3 is 5.32 Å². The van der Waals surface area contributed by atoms with E-state index < -0.39 is 10.0 Å². The number of rotatable bonds is 3. The lowest BCUT2D eigenvalue weighted by molar-refractivity contribution is 0.460. The summed E-state index contributed by atoms with van der Waals surface area (Å²) < 4.78 is 22.1. The minimum Gasteiger partial charge on any atom is -0.317 e. The van der Waals surface area contributed by atoms with Crippen LogP contribution >= 0.6 is 12.4 Å². The zero-order chi connectivity index (χ0) is 12.3. The Morgan fingerprint density at radius 1 is 1.28 bits per heavy atom. The van der Waals surface area contributed by atoms with Crippen molar-refractivity contribution < 1.29 is 8.42 Å². The van der Waals surface area contributed by atoms with E-state index in [9.17, 15) is 8.42 Å². The van der Waals surface area contributed by atoms with Crippen molar-refractivity contribution in [1.29, 1.82) is 0 Å². The van der Waals surface area contributed by atoms with Gasteiger partial charge in [0.1, 0.15) is 0 Å². The van der Waals surface area contributed by atoms with E-state index in [1.54, 1.807) is 0 Å². The summed E-state index contributed by atoms with van der Waals surface area (Å²) in [5.41, 5.74) is 2.01. The van der Waals surface area contributed by atoms with Gasteiger partial charge in [-0.15, -0.1) is 12.4 Å². The average molecular weight is 291 g/mol. The van der Waals surface area contributed by atoms with Gasteiger partial charge in [0.2, 0.25) is 10.0 Å². The van der Waals surface area contributed by atoms with Gasteiger partial charge in [-0.3, -0.25) is 0 Å². The molecule has 0 bridgehead atoms. The molecule has 0 amide bonds. The largest absolute Gasteiger partial charge is 0.317 e. The van der Waals surface area contributed by atoms with Gasteiger partial charge in [0.15, 0.2) is 0 Å². The predicted octanol–water partition coefficient (Wildman–Crippen LogP) is 1.36. The minimum atomic E-state index is -3.44. The summed E-state index contributed by atoms with van der Waals surface area (Å²) in [6.07, 6.45) is 2.22. The van der Waals surface area contributed by atoms with Gasteiger partial charge in [-0.05, 0) is 43.0 Å². The van der Waals surface area contributed by atoms with E-state index in [4.69, 9.17) is 5.14 Å². The fourth-order valence-corrected chi connectivity index (χ4v) is 2.97. The molecule has 3 N–H and O–H groups in total. The van der Waals surface area contributed by atoms with Gasteiger partial charge in [0, 0.05) is 0 Å². The van der Waals surface area contributed by atoms with Crippen molar-refractivity contribution in [2.75, 3.05) is 13.1 Å². The van der Waals surface area contributed by atoms with Gasteiger partial charge in [-0.2, -0.15) is 0 Å². The summed E-state index contributed by atoms with van der Waals surface area (Å²) >= 11 is 0. The normalized spacial score (nSPS) is 17.2. The van der Waals surface area contributed by atoms with Gasteiger partial charge in [-0.25, -0.2) is 13.6 Å². The Bertz CT molecular complexity index is 485. The monoisotopic (exact) mass is 290 g/mol. The SMILES string of the molecule is Cl.NS(=O)(=O)Cc1cccc(C2CCNCC2)c1. The van der Waals surface area contributed by atoms with Crippen LogP contribution in [0.25, 0.3) is 0 Å². The summed E-state index contributed by atoms with van der Waals surface area (Å²) in [5, 5.41) is 8.38. The van der Waals surface area contributed by atoms with Crippen molar-refractivity contribution in [3.8, 4) is 0 Å². The molecule has 0 saturated carbocycles. The van der Waals surface area contributed by atoms with Crippen molar-refractivity contribution >= 4 is 22.4 Å². The number of primary sulfonamides is 1. The lowest BCUT2D eigenvalue weighted by atomic mass is 9.89. The molecule has 1 heterocycles. The summed E-state index contributed by atoms with van der Waals surface area (Å²) in [7, 11) is -3.44. The molecule has 1 aliphatic heterocycles. The quantitative estimate of drug-likeness (QED) is 0.883. The molecule has 0 spiro atoms. The Morgan fingerprint density at radius 2 is 1.94 bits per heavy atom. The molecule has 0 aliphatic carbocycles. The van der Waals surface area contributed by atoms with E-state index in [1.807, 2.05) is 18.2 Å². The molecule has 0 unspecified atom stereocenters. The van der Waals surface area contributed by atoms with Crippen molar-refractivity contribution in [2.24, 2.45) is 5.14 Å². The number of hydrogen-bond acceptors (Lipinski definition) is 3. The fraction of sp³-hybridized carbons (Fsp3) is 0.500. The standard InChI is InChI=1S/C12H18N2O2S.ClH/c13-17(15,16)9-10-2-1-3-12(8-10)11-4-6-14-7-5-11;/h1-3,8,11,14H,4-7,9H2,(H2,13,15,16);1H. The third-order valence-corrected chi connectivity index (χ3v) is 3.87. The Hall–Kier alpha value is -0.620. The zero-order valence-corrected chi connectivity index (χ0v) is 11.8. The summed E-state index contributed by atoms with van der Waals surface area (Å²) in [6, 6.07) is 7.77. The second-order valence-corrected chi connectivity index (χ2v) is 6.19. The highest BCUT2D eigenvalue weighted by molar-refractivity contribution is 7.88. The molecule has 4 nitrogen and oxygen atoms in total. The smallest absolute Gasteiger partial charge is 0.213 e. The molecule has 102 valence electrons. The lowest BCUT2D eigenvalue weighted by Gasteiger charge is -2.23. The second kappa shape index (κ2) is 6.52. The van der Waals surface area contributed by atoms with Crippen molar-refractivity contribution in [3.63, 3.8) is 0 Å². The van der Waals surface area contributed by atoms with Crippen molar-refractivity contribution in [3.05, 3.63) is 35.4 Å². The second-order valence-electron chi connectivity index (χ2n) is 4.58. The molecule has 1 saturated heterocycles. The minimum absolute atomic E-state index is 0. The number of sulfonamides is 1. The molecule has 0 atom stereocenters. The first-order valence-corrected chi connectivity index (χ1v) is 7.56. The van der Waals surface area contributed by atoms with E-state index in [-0.39, 0.29) is 18.2 Å². The molecule has 0 radical (unpaired) electrons. The van der Waals surface area contributed by atoms with Gasteiger partial charge in [-0.1, -0.05) is 24.3 Å². The maximum atomic E-state index is 11.1. The number of nitrogens with one attached hydrogen (secondary N) is 1. The molecular formula is C12H19ClN2O2S. The Balaban J connectivity index is 0.00000162. The third-order valence-electron chi connectivity index (χ3n) is 3.13. The molecule has 2 rings (SSSR count). The highest BCUT2D eigenvalue weighted by atomic mass is 35.5. The third kappa shape index (κ3) is 4.57. The Morgan fingerprint density at radius 3 is 2.56 bits per heavy atom. The van der Waals surface area contributed by atoms with Gasteiger partial charge in [0.05, 0.1) is 5.75 Å². The molecular weight excluding hydrogens is 272 g/mol. The van der Waals surface area contributed by atoms with Crippen LogP contribution in [0.3, 0.4) is 0 Å². The molecule has 1 aliphatic rings. The Kier molecular flexibility index (Phi) is 5.59. The van der Waals surface area contributed by atoms with Crippen LogP contribution in [-0.2, 0) is 15.8 Å². The van der Waals surface area contributed by atoms with E-state index in [2.05, 4.69) is 11.4 Å². The van der Waals surface area contributed by atoms with Crippen molar-refractivity contribution in [2.45, 2.75) is 24.5 Å². The van der Waals surface area contributed by atoms with Gasteiger partial charge in [0.25, 0.3) is 0 Å². The van der Waals surface area contributed by atoms with Crippen LogP contribution in [-0.4, -0.2) is 21.5 Å². The molecule has 1 aromatic carbocycles. The van der Waals surface area contributed by atoms with Crippen LogP contribution < -0.4 is 10.5 Å². The van der Waals surface area contributed by atoms with Crippen LogP contribution in [0.15, 0.2) is 24.3 Å².